The zero-order valence-corrected chi connectivity index (χ0v) is 10.7. The molecule has 1 aromatic heterocycles. The smallest absolute Gasteiger partial charge is 0.390 e. The van der Waals surface area contributed by atoms with Crippen LogP contribution in [0.3, 0.4) is 0 Å². The highest BCUT2D eigenvalue weighted by Crippen LogP contribution is 2.20. The molecular weight excluding hydrogens is 245 g/mol. The average Bonchev–Trinajstić information content (AvgIpc) is 2.70. The zero-order chi connectivity index (χ0) is 13.6. The van der Waals surface area contributed by atoms with Gasteiger partial charge in [0.25, 0.3) is 0 Å². The van der Waals surface area contributed by atoms with Gasteiger partial charge in [0, 0.05) is 18.7 Å². The molecule has 0 unspecified atom stereocenters. The van der Waals surface area contributed by atoms with Crippen molar-refractivity contribution in [1.29, 1.82) is 0 Å². The summed E-state index contributed by atoms with van der Waals surface area (Å²) in [5, 5.41) is 3.15. The van der Waals surface area contributed by atoms with Crippen molar-refractivity contribution in [3.63, 3.8) is 0 Å². The monoisotopic (exact) mass is 264 g/mol. The number of furan rings is 1. The largest absolute Gasteiger partial charge is 0.468 e. The van der Waals surface area contributed by atoms with Crippen molar-refractivity contribution in [2.24, 2.45) is 0 Å². The first-order valence-electron chi connectivity index (χ1n) is 5.93. The van der Waals surface area contributed by atoms with Crippen LogP contribution in [0, 0.1) is 0 Å². The molecule has 104 valence electrons. The van der Waals surface area contributed by atoms with Gasteiger partial charge in [0.1, 0.15) is 5.76 Å². The standard InChI is InChI=1S/C12H19F3N2O/c1-3-16-7-10-6-11(18-9-10)8-17(2)5-4-12(13,14)15/h6,9,16H,3-5,7-8H2,1-2H3. The molecule has 0 spiro atoms. The molecule has 18 heavy (non-hydrogen) atoms. The highest BCUT2D eigenvalue weighted by molar-refractivity contribution is 5.12. The lowest BCUT2D eigenvalue weighted by atomic mass is 10.3. The van der Waals surface area contributed by atoms with Gasteiger partial charge in [-0.25, -0.2) is 0 Å². The quantitative estimate of drug-likeness (QED) is 0.821. The van der Waals surface area contributed by atoms with Crippen molar-refractivity contribution in [3.05, 3.63) is 23.7 Å². The first-order chi connectivity index (χ1) is 8.40. The molecule has 1 N–H and O–H groups in total. The average molecular weight is 264 g/mol. The second-order valence-corrected chi connectivity index (χ2v) is 4.30. The molecule has 0 saturated carbocycles. The van der Waals surface area contributed by atoms with Crippen LogP contribution in [0.15, 0.2) is 16.7 Å². The van der Waals surface area contributed by atoms with Crippen molar-refractivity contribution >= 4 is 0 Å². The Bertz CT molecular complexity index is 349. The number of halogens is 3. The molecule has 1 heterocycles. The van der Waals surface area contributed by atoms with E-state index in [1.54, 1.807) is 18.2 Å². The Morgan fingerprint density at radius 3 is 2.72 bits per heavy atom. The summed E-state index contributed by atoms with van der Waals surface area (Å²) in [4.78, 5) is 1.60. The zero-order valence-electron chi connectivity index (χ0n) is 10.7. The molecular formula is C12H19F3N2O. The van der Waals surface area contributed by atoms with Crippen LogP contribution >= 0.6 is 0 Å². The van der Waals surface area contributed by atoms with Gasteiger partial charge in [0.15, 0.2) is 0 Å². The second kappa shape index (κ2) is 6.80. The van der Waals surface area contributed by atoms with Crippen molar-refractivity contribution in [3.8, 4) is 0 Å². The van der Waals surface area contributed by atoms with Gasteiger partial charge >= 0.3 is 6.18 Å². The summed E-state index contributed by atoms with van der Waals surface area (Å²) in [6, 6.07) is 1.87. The summed E-state index contributed by atoms with van der Waals surface area (Å²) in [5.74, 6) is 0.688. The molecule has 0 aliphatic rings. The van der Waals surface area contributed by atoms with Crippen LogP contribution in [0.2, 0.25) is 0 Å². The van der Waals surface area contributed by atoms with E-state index in [0.29, 0.717) is 18.8 Å². The Kier molecular flexibility index (Phi) is 5.68. The first kappa shape index (κ1) is 15.0. The fraction of sp³-hybridized carbons (Fsp3) is 0.667. The van der Waals surface area contributed by atoms with E-state index >= 15 is 0 Å². The molecule has 0 bridgehead atoms. The Hall–Kier alpha value is -1.01. The number of nitrogens with zero attached hydrogens (tertiary/aromatic N) is 1. The van der Waals surface area contributed by atoms with E-state index < -0.39 is 12.6 Å². The van der Waals surface area contributed by atoms with Gasteiger partial charge in [-0.2, -0.15) is 13.2 Å². The lowest BCUT2D eigenvalue weighted by Gasteiger charge is -2.15. The van der Waals surface area contributed by atoms with E-state index in [9.17, 15) is 13.2 Å². The van der Waals surface area contributed by atoms with Crippen LogP contribution in [-0.2, 0) is 13.1 Å². The number of nitrogens with one attached hydrogen (secondary N) is 1. The maximum absolute atomic E-state index is 12.0. The van der Waals surface area contributed by atoms with E-state index in [1.807, 2.05) is 13.0 Å². The minimum Gasteiger partial charge on any atom is -0.468 e. The Balaban J connectivity index is 2.35. The van der Waals surface area contributed by atoms with Gasteiger partial charge in [-0.05, 0) is 19.7 Å². The van der Waals surface area contributed by atoms with Gasteiger partial charge in [0.05, 0.1) is 19.2 Å². The van der Waals surface area contributed by atoms with Gasteiger partial charge in [-0.1, -0.05) is 6.92 Å². The predicted octanol–water partition coefficient (Wildman–Crippen LogP) is 2.77. The number of hydrogen-bond acceptors (Lipinski definition) is 3. The van der Waals surface area contributed by atoms with E-state index in [2.05, 4.69) is 5.32 Å². The van der Waals surface area contributed by atoms with Crippen LogP contribution in [-0.4, -0.2) is 31.2 Å². The van der Waals surface area contributed by atoms with Gasteiger partial charge in [-0.15, -0.1) is 0 Å². The van der Waals surface area contributed by atoms with E-state index in [1.165, 1.54) is 0 Å². The summed E-state index contributed by atoms with van der Waals surface area (Å²) >= 11 is 0. The highest BCUT2D eigenvalue weighted by atomic mass is 19.4. The normalized spacial score (nSPS) is 12.3. The maximum Gasteiger partial charge on any atom is 0.390 e. The molecule has 0 amide bonds. The molecule has 1 rings (SSSR count). The molecule has 6 heteroatoms. The fourth-order valence-electron chi connectivity index (χ4n) is 1.53. The first-order valence-corrected chi connectivity index (χ1v) is 5.93. The minimum absolute atomic E-state index is 0.0211. The van der Waals surface area contributed by atoms with Crippen LogP contribution in [0.1, 0.15) is 24.7 Å². The molecule has 0 aliphatic heterocycles. The predicted molar refractivity (Wildman–Crippen MR) is 63.1 cm³/mol. The Morgan fingerprint density at radius 2 is 2.11 bits per heavy atom. The van der Waals surface area contributed by atoms with E-state index in [4.69, 9.17) is 4.42 Å². The summed E-state index contributed by atoms with van der Waals surface area (Å²) < 4.78 is 41.4. The number of alkyl halides is 3. The molecule has 0 saturated heterocycles. The van der Waals surface area contributed by atoms with E-state index in [0.717, 1.165) is 12.1 Å². The van der Waals surface area contributed by atoms with Gasteiger partial charge < -0.3 is 9.73 Å². The van der Waals surface area contributed by atoms with Crippen molar-refractivity contribution in [2.45, 2.75) is 32.6 Å². The maximum atomic E-state index is 12.0. The Labute approximate surface area is 105 Å². The SMILES string of the molecule is CCNCc1coc(CN(C)CCC(F)(F)F)c1. The lowest BCUT2D eigenvalue weighted by molar-refractivity contribution is -0.137. The Morgan fingerprint density at radius 1 is 1.39 bits per heavy atom. The van der Waals surface area contributed by atoms with Crippen molar-refractivity contribution in [1.82, 2.24) is 10.2 Å². The fourth-order valence-corrected chi connectivity index (χ4v) is 1.53. The van der Waals surface area contributed by atoms with Crippen LogP contribution in [0.5, 0.6) is 0 Å². The third-order valence-corrected chi connectivity index (χ3v) is 2.49. The van der Waals surface area contributed by atoms with E-state index in [-0.39, 0.29) is 6.54 Å². The topological polar surface area (TPSA) is 28.4 Å². The second-order valence-electron chi connectivity index (χ2n) is 4.30. The van der Waals surface area contributed by atoms with Crippen LogP contribution < -0.4 is 5.32 Å². The summed E-state index contributed by atoms with van der Waals surface area (Å²) in [6.45, 7) is 3.96. The highest BCUT2D eigenvalue weighted by Gasteiger charge is 2.27. The summed E-state index contributed by atoms with van der Waals surface area (Å²) in [7, 11) is 1.65. The number of hydrogen-bond donors (Lipinski definition) is 1. The van der Waals surface area contributed by atoms with Crippen LogP contribution in [0.25, 0.3) is 0 Å². The van der Waals surface area contributed by atoms with Gasteiger partial charge in [-0.3, -0.25) is 4.90 Å². The van der Waals surface area contributed by atoms with Crippen molar-refractivity contribution < 1.29 is 17.6 Å². The molecule has 0 atom stereocenters. The van der Waals surface area contributed by atoms with Crippen molar-refractivity contribution in [2.75, 3.05) is 20.1 Å². The summed E-state index contributed by atoms with van der Waals surface area (Å²) in [6.07, 6.45) is -3.27. The number of rotatable bonds is 7. The van der Waals surface area contributed by atoms with Gasteiger partial charge in [0.2, 0.25) is 0 Å². The third kappa shape index (κ3) is 6.07. The third-order valence-electron chi connectivity index (χ3n) is 2.49. The lowest BCUT2D eigenvalue weighted by Crippen LogP contribution is -2.23. The minimum atomic E-state index is -4.10. The molecule has 0 aliphatic carbocycles. The molecule has 0 radical (unpaired) electrons. The van der Waals surface area contributed by atoms with Crippen LogP contribution in [0.4, 0.5) is 13.2 Å². The molecule has 3 nitrogen and oxygen atoms in total. The molecule has 0 fully saturated rings. The molecule has 0 aromatic carbocycles. The molecule has 1 aromatic rings. The summed E-state index contributed by atoms with van der Waals surface area (Å²) in [5.41, 5.74) is 1.01.